The quantitative estimate of drug-likeness (QED) is 0.0518. The Morgan fingerprint density at radius 1 is 0.722 bits per heavy atom. The molecule has 22 heteroatoms. The number of aryl methyl sites for hydroxylation is 1. The highest BCUT2D eigenvalue weighted by molar-refractivity contribution is 5.94. The van der Waals surface area contributed by atoms with Gasteiger partial charge in [-0.3, -0.25) is 9.59 Å². The number of rotatable bonds is 14. The van der Waals surface area contributed by atoms with Crippen LogP contribution in [0.3, 0.4) is 0 Å². The number of ether oxygens (including phenoxy) is 6. The lowest BCUT2D eigenvalue weighted by molar-refractivity contribution is -0.391. The molecule has 12 N–H and O–H groups in total. The molecule has 0 spiro atoms. The van der Waals surface area contributed by atoms with E-state index in [1.165, 1.54) is 5.57 Å². The van der Waals surface area contributed by atoms with E-state index in [9.17, 15) is 70.2 Å². The Balaban J connectivity index is 0.991. The number of carboxylic acids is 1. The standard InChI is InChI=1S/C57H84N2O20/c1-27-8-10-28(11-9-27)46(70)58-20-21-59-51(73)57-19-18-52(2,3)22-30(57)29-12-13-34-53(4)16-15-36(54(5,26-61)33(53)14-17-55(34,6)56(29,7)23-35(57)63)76-50-45(79-49-41(68)39(66)38(65)32(24-60)75-49)43(42(69)44(78-50)47(71)72)77-48-40(67)37(64)31(62)25-74-48/h8-12,26,30-45,48-50,60,62-69H,13-25H2,1-7H3,(H,58,70)(H,59,73)(H,71,72)/t30?,31-,32?,33-,34?,35-,36+,37+,38+,39+,40?,41?,42+,43+,44?,45?,48+,49+,50-,53?,54?,55-,56?,57-/m1/s1. The number of hydrogen-bond acceptors (Lipinski definition) is 19. The summed E-state index contributed by atoms with van der Waals surface area (Å²) in [4.78, 5) is 54.6. The Kier molecular flexibility index (Phi) is 16.9. The predicted octanol–water partition coefficient (Wildman–Crippen LogP) is 0.357. The minimum absolute atomic E-state index is 0.0386. The number of aliphatic carboxylic acids is 1. The molecule has 3 heterocycles. The second-order valence-corrected chi connectivity index (χ2v) is 25.9. The van der Waals surface area contributed by atoms with Crippen molar-refractivity contribution in [2.75, 3.05) is 26.3 Å². The van der Waals surface area contributed by atoms with Crippen molar-refractivity contribution in [2.24, 2.45) is 50.2 Å². The van der Waals surface area contributed by atoms with Crippen LogP contribution in [-0.4, -0.2) is 200 Å². The van der Waals surface area contributed by atoms with E-state index in [4.69, 9.17) is 28.4 Å². The first-order chi connectivity index (χ1) is 37.1. The van der Waals surface area contributed by atoms with Crippen molar-refractivity contribution >= 4 is 24.1 Å². The number of carbonyl (C=O) groups excluding carboxylic acids is 3. The number of carbonyl (C=O) groups is 4. The van der Waals surface area contributed by atoms with E-state index in [1.54, 1.807) is 19.1 Å². The zero-order chi connectivity index (χ0) is 57.5. The average molecular weight is 1120 g/mol. The summed E-state index contributed by atoms with van der Waals surface area (Å²) in [5.41, 5.74) is -1.37. The smallest absolute Gasteiger partial charge is 0.335 e. The second kappa shape index (κ2) is 22.2. The van der Waals surface area contributed by atoms with E-state index in [1.807, 2.05) is 19.1 Å². The van der Waals surface area contributed by atoms with Crippen LogP contribution in [0.5, 0.6) is 0 Å². The molecule has 1 aromatic carbocycles. The number of aldehydes is 1. The number of benzene rings is 1. The van der Waals surface area contributed by atoms with Crippen LogP contribution in [0.4, 0.5) is 0 Å². The van der Waals surface area contributed by atoms with Crippen molar-refractivity contribution in [3.05, 3.63) is 47.0 Å². The van der Waals surface area contributed by atoms with Gasteiger partial charge in [0.15, 0.2) is 25.0 Å². The van der Waals surface area contributed by atoms with Gasteiger partial charge in [0.1, 0.15) is 67.3 Å². The third kappa shape index (κ3) is 10.1. The van der Waals surface area contributed by atoms with Crippen LogP contribution in [0.25, 0.3) is 0 Å². The van der Waals surface area contributed by atoms with Crippen molar-refractivity contribution in [3.8, 4) is 0 Å². The normalized spacial score (nSPS) is 47.4. The van der Waals surface area contributed by atoms with Crippen LogP contribution in [-0.2, 0) is 42.8 Å². The summed E-state index contributed by atoms with van der Waals surface area (Å²) < 4.78 is 36.1. The fraction of sp³-hybridized carbons (Fsp3) is 0.789. The fourth-order valence-electron chi connectivity index (χ4n) is 16.2. The number of fused-ring (bicyclic) bond motifs is 7. The minimum atomic E-state index is -2.15. The first-order valence-corrected chi connectivity index (χ1v) is 28.1. The highest BCUT2D eigenvalue weighted by atomic mass is 16.8. The highest BCUT2D eigenvalue weighted by Gasteiger charge is 2.72. The van der Waals surface area contributed by atoms with Gasteiger partial charge < -0.3 is 94.9 Å². The summed E-state index contributed by atoms with van der Waals surface area (Å²) >= 11 is 0. The molecule has 0 radical (unpaired) electrons. The summed E-state index contributed by atoms with van der Waals surface area (Å²) in [6.07, 6.45) is -20.3. The van der Waals surface area contributed by atoms with E-state index < -0.39 is 144 Å². The van der Waals surface area contributed by atoms with Crippen molar-refractivity contribution in [1.29, 1.82) is 0 Å². The minimum Gasteiger partial charge on any atom is -0.479 e. The molecule has 24 atom stereocenters. The van der Waals surface area contributed by atoms with E-state index in [0.29, 0.717) is 50.5 Å². The number of allylic oxidation sites excluding steroid dienone is 2. The number of aliphatic hydroxyl groups excluding tert-OH is 9. The van der Waals surface area contributed by atoms with Crippen molar-refractivity contribution in [2.45, 2.75) is 204 Å². The van der Waals surface area contributed by atoms with E-state index in [2.05, 4.69) is 51.3 Å². The maximum atomic E-state index is 14.8. The molecule has 3 saturated heterocycles. The predicted molar refractivity (Wildman–Crippen MR) is 276 cm³/mol. The Morgan fingerprint density at radius 2 is 1.39 bits per heavy atom. The van der Waals surface area contributed by atoms with Gasteiger partial charge in [0.05, 0.1) is 36.3 Å². The van der Waals surface area contributed by atoms with Gasteiger partial charge in [-0.1, -0.05) is 70.9 Å². The zero-order valence-electron chi connectivity index (χ0n) is 46.2. The molecule has 442 valence electrons. The summed E-state index contributed by atoms with van der Waals surface area (Å²) in [5.74, 6) is -2.82. The van der Waals surface area contributed by atoms with Gasteiger partial charge in [0.2, 0.25) is 5.91 Å². The number of carboxylic acid groups (broad SMARTS) is 1. The highest BCUT2D eigenvalue weighted by Crippen LogP contribution is 2.76. The zero-order valence-corrected chi connectivity index (χ0v) is 46.2. The van der Waals surface area contributed by atoms with Crippen molar-refractivity contribution < 1.29 is 98.7 Å². The van der Waals surface area contributed by atoms with E-state index in [0.717, 1.165) is 18.3 Å². The van der Waals surface area contributed by atoms with Crippen LogP contribution in [0.1, 0.15) is 115 Å². The van der Waals surface area contributed by atoms with Crippen LogP contribution in [0.2, 0.25) is 0 Å². The summed E-state index contributed by atoms with van der Waals surface area (Å²) in [6.45, 7) is 13.9. The molecule has 0 bridgehead atoms. The van der Waals surface area contributed by atoms with Crippen molar-refractivity contribution in [1.82, 2.24) is 10.6 Å². The van der Waals surface area contributed by atoms with Gasteiger partial charge >= 0.3 is 5.97 Å². The molecule has 9 rings (SSSR count). The van der Waals surface area contributed by atoms with Crippen LogP contribution in [0, 0.1) is 57.2 Å². The average Bonchev–Trinajstić information content (AvgIpc) is 2.54. The van der Waals surface area contributed by atoms with E-state index >= 15 is 0 Å². The number of amides is 2. The third-order valence-corrected chi connectivity index (χ3v) is 21.0. The molecular weight excluding hydrogens is 1030 g/mol. The topological polar surface area (TPSA) is 350 Å². The Hall–Kier alpha value is -3.56. The van der Waals surface area contributed by atoms with Gasteiger partial charge in [0.25, 0.3) is 5.91 Å². The molecule has 22 nitrogen and oxygen atoms in total. The molecule has 79 heavy (non-hydrogen) atoms. The lowest BCUT2D eigenvalue weighted by Crippen LogP contribution is -2.69. The molecule has 5 aliphatic carbocycles. The molecule has 8 aliphatic rings. The Bertz CT molecular complexity index is 2440. The lowest BCUT2D eigenvalue weighted by Gasteiger charge is -2.71. The van der Waals surface area contributed by atoms with Crippen LogP contribution >= 0.6 is 0 Å². The number of nitrogens with one attached hydrogen (secondary N) is 2. The Morgan fingerprint density at radius 3 is 2.06 bits per heavy atom. The molecule has 3 aliphatic heterocycles. The lowest BCUT2D eigenvalue weighted by atomic mass is 9.33. The number of aliphatic hydroxyl groups is 9. The second-order valence-electron chi connectivity index (χ2n) is 25.9. The first-order valence-electron chi connectivity index (χ1n) is 28.1. The van der Waals surface area contributed by atoms with Gasteiger partial charge in [-0.15, -0.1) is 0 Å². The fourth-order valence-corrected chi connectivity index (χ4v) is 16.2. The first kappa shape index (κ1) is 60.0. The third-order valence-electron chi connectivity index (χ3n) is 21.0. The van der Waals surface area contributed by atoms with Gasteiger partial charge in [0, 0.05) is 18.7 Å². The molecule has 1 aromatic rings. The monoisotopic (exact) mass is 1120 g/mol. The maximum Gasteiger partial charge on any atom is 0.335 e. The Labute approximate surface area is 460 Å². The van der Waals surface area contributed by atoms with Crippen molar-refractivity contribution in [3.63, 3.8) is 0 Å². The summed E-state index contributed by atoms with van der Waals surface area (Å²) in [6, 6.07) is 7.24. The maximum absolute atomic E-state index is 14.8. The molecule has 4 saturated carbocycles. The summed E-state index contributed by atoms with van der Waals surface area (Å²) in [5, 5.41) is 115. The van der Waals surface area contributed by atoms with Gasteiger partial charge in [-0.25, -0.2) is 4.79 Å². The molecule has 0 aromatic heterocycles. The molecule has 10 unspecified atom stereocenters. The van der Waals surface area contributed by atoms with E-state index in [-0.39, 0.29) is 54.5 Å². The molecular formula is C57H84N2O20. The van der Waals surface area contributed by atoms with Crippen LogP contribution < -0.4 is 10.6 Å². The SMILES string of the molecule is Cc1ccc(C(=O)NCCNC(=O)[C@]23CCC(C)(C)CC2C2=CCC4C5(C)CC[C@H](O[C@@H]6OC(C(=O)O)[C@@H](O)[C@H](O[C@@H]7OC[C@@H](O)[C@H](O)C7O)C6O[C@@H]6OC(CO)[C@H](O)[C@H](O)C6O)C(C)(C=O)[C@@H]5CC[C@@]4(C)C2(C)C[C@H]3O)cc1. The largest absolute Gasteiger partial charge is 0.479 e. The van der Waals surface area contributed by atoms with Crippen LogP contribution in [0.15, 0.2) is 35.9 Å². The number of hydrogen-bond donors (Lipinski definition) is 12. The van der Waals surface area contributed by atoms with Gasteiger partial charge in [-0.2, -0.15) is 0 Å². The molecule has 7 fully saturated rings. The summed E-state index contributed by atoms with van der Waals surface area (Å²) in [7, 11) is 0. The van der Waals surface area contributed by atoms with Gasteiger partial charge in [-0.05, 0) is 116 Å². The molecule has 2 amide bonds.